The van der Waals surface area contributed by atoms with Crippen LogP contribution < -0.4 is 0 Å². The maximum atomic E-state index is 11.6. The second-order valence-corrected chi connectivity index (χ2v) is 3.40. The van der Waals surface area contributed by atoms with E-state index in [4.69, 9.17) is 0 Å². The number of rotatable bonds is 4. The monoisotopic (exact) mass is 270 g/mol. The Morgan fingerprint density at radius 1 is 1.33 bits per heavy atom. The van der Waals surface area contributed by atoms with Gasteiger partial charge in [-0.15, -0.1) is 0 Å². The van der Waals surface area contributed by atoms with E-state index in [0.29, 0.717) is 10.9 Å². The second kappa shape index (κ2) is 5.66. The van der Waals surface area contributed by atoms with Gasteiger partial charge in [0, 0.05) is 10.9 Å². The molecule has 15 heavy (non-hydrogen) atoms. The van der Waals surface area contributed by atoms with Crippen LogP contribution >= 0.6 is 15.9 Å². The van der Waals surface area contributed by atoms with E-state index in [9.17, 15) is 9.59 Å². The third kappa shape index (κ3) is 2.89. The Morgan fingerprint density at radius 3 is 2.60 bits per heavy atom. The fourth-order valence-electron chi connectivity index (χ4n) is 1.16. The Hall–Kier alpha value is -1.16. The number of carbonyl (C=O) groups is 2. The van der Waals surface area contributed by atoms with Crippen LogP contribution in [0.25, 0.3) is 0 Å². The van der Waals surface area contributed by atoms with Gasteiger partial charge in [0.2, 0.25) is 0 Å². The Bertz CT molecular complexity index is 374. The summed E-state index contributed by atoms with van der Waals surface area (Å²) in [5.74, 6) is -1.39. The summed E-state index contributed by atoms with van der Waals surface area (Å²) in [4.78, 5) is 22.8. The maximum absolute atomic E-state index is 11.6. The van der Waals surface area contributed by atoms with Crippen LogP contribution in [0.2, 0.25) is 0 Å². The van der Waals surface area contributed by atoms with Crippen molar-refractivity contribution in [3.05, 3.63) is 35.4 Å². The van der Waals surface area contributed by atoms with Crippen molar-refractivity contribution < 1.29 is 14.3 Å². The molecule has 0 aliphatic carbocycles. The average Bonchev–Trinajstić information content (AvgIpc) is 2.28. The minimum atomic E-state index is -0.800. The minimum absolute atomic E-state index is 0.209. The molecule has 0 saturated carbocycles. The van der Waals surface area contributed by atoms with Gasteiger partial charge in [0.1, 0.15) is 0 Å². The average molecular weight is 271 g/mol. The molecular weight excluding hydrogens is 260 g/mol. The number of alkyl halides is 1. The highest BCUT2D eigenvalue weighted by Crippen LogP contribution is 2.13. The Labute approximate surface area is 96.6 Å². The van der Waals surface area contributed by atoms with Crippen LogP contribution in [-0.4, -0.2) is 18.4 Å². The summed E-state index contributed by atoms with van der Waals surface area (Å²) in [5.41, 5.74) is 1.18. The first kappa shape index (κ1) is 11.9. The lowest BCUT2D eigenvalue weighted by Crippen LogP contribution is -2.18. The second-order valence-electron chi connectivity index (χ2n) is 2.84. The summed E-state index contributed by atoms with van der Waals surface area (Å²) in [6, 6.07) is 6.95. The fraction of sp³-hybridized carbons (Fsp3) is 0.273. The molecule has 0 heterocycles. The first-order valence-corrected chi connectivity index (χ1v) is 5.68. The molecule has 1 aromatic rings. The quantitative estimate of drug-likeness (QED) is 0.365. The van der Waals surface area contributed by atoms with Crippen LogP contribution in [-0.2, 0) is 14.9 Å². The lowest BCUT2D eigenvalue weighted by Gasteiger charge is -2.04. The molecule has 80 valence electrons. The van der Waals surface area contributed by atoms with E-state index in [-0.39, 0.29) is 6.61 Å². The van der Waals surface area contributed by atoms with E-state index in [2.05, 4.69) is 20.7 Å². The molecule has 0 atom stereocenters. The molecule has 0 radical (unpaired) electrons. The lowest BCUT2D eigenvalue weighted by molar-refractivity contribution is -0.137. The number of hydrogen-bond donors (Lipinski definition) is 0. The number of benzene rings is 1. The van der Waals surface area contributed by atoms with Crippen LogP contribution in [0, 0.1) is 0 Å². The number of esters is 1. The molecule has 4 heteroatoms. The van der Waals surface area contributed by atoms with Gasteiger partial charge in [-0.25, -0.2) is 4.79 Å². The Kier molecular flexibility index (Phi) is 4.49. The first-order chi connectivity index (χ1) is 7.20. The number of ketones is 1. The van der Waals surface area contributed by atoms with Crippen LogP contribution in [0.5, 0.6) is 0 Å². The van der Waals surface area contributed by atoms with Crippen LogP contribution in [0.4, 0.5) is 0 Å². The minimum Gasteiger partial charge on any atom is -0.460 e. The molecule has 0 unspecified atom stereocenters. The molecule has 0 fully saturated rings. The summed E-state index contributed by atoms with van der Waals surface area (Å²) in [7, 11) is 0. The summed E-state index contributed by atoms with van der Waals surface area (Å²) in [6.45, 7) is 1.88. The van der Waals surface area contributed by atoms with Gasteiger partial charge in [0.25, 0.3) is 5.78 Å². The Balaban J connectivity index is 2.95. The molecule has 3 nitrogen and oxygen atoms in total. The number of Topliss-reactive ketones (excluding diaryl/α,β-unsaturated/α-hetero) is 1. The van der Waals surface area contributed by atoms with Gasteiger partial charge in [-0.2, -0.15) is 0 Å². The van der Waals surface area contributed by atoms with Crippen molar-refractivity contribution in [1.29, 1.82) is 0 Å². The van der Waals surface area contributed by atoms with E-state index in [1.807, 2.05) is 6.07 Å². The van der Waals surface area contributed by atoms with Gasteiger partial charge in [-0.1, -0.05) is 40.2 Å². The third-order valence-electron chi connectivity index (χ3n) is 1.87. The first-order valence-electron chi connectivity index (χ1n) is 4.56. The SMILES string of the molecule is CCOC(=O)C(=O)c1ccccc1CBr. The number of hydrogen-bond acceptors (Lipinski definition) is 3. The maximum Gasteiger partial charge on any atom is 0.379 e. The van der Waals surface area contributed by atoms with Crippen molar-refractivity contribution in [2.45, 2.75) is 12.3 Å². The van der Waals surface area contributed by atoms with Crippen molar-refractivity contribution in [3.63, 3.8) is 0 Å². The van der Waals surface area contributed by atoms with Crippen LogP contribution in [0.3, 0.4) is 0 Å². The molecular formula is C11H11BrO3. The van der Waals surface area contributed by atoms with Crippen molar-refractivity contribution in [1.82, 2.24) is 0 Å². The topological polar surface area (TPSA) is 43.4 Å². The van der Waals surface area contributed by atoms with Gasteiger partial charge >= 0.3 is 5.97 Å². The zero-order chi connectivity index (χ0) is 11.3. The van der Waals surface area contributed by atoms with Gasteiger partial charge in [-0.05, 0) is 12.5 Å². The largest absolute Gasteiger partial charge is 0.460 e. The van der Waals surface area contributed by atoms with E-state index in [0.717, 1.165) is 5.56 Å². The highest BCUT2D eigenvalue weighted by molar-refractivity contribution is 9.08. The Morgan fingerprint density at radius 2 is 2.00 bits per heavy atom. The molecule has 0 saturated heterocycles. The molecule has 0 N–H and O–H groups in total. The molecule has 0 bridgehead atoms. The predicted molar refractivity (Wildman–Crippen MR) is 60.0 cm³/mol. The van der Waals surface area contributed by atoms with Gasteiger partial charge in [-0.3, -0.25) is 4.79 Å². The van der Waals surface area contributed by atoms with E-state index < -0.39 is 11.8 Å². The predicted octanol–water partition coefficient (Wildman–Crippen LogP) is 2.33. The molecule has 0 aliphatic heterocycles. The van der Waals surface area contributed by atoms with E-state index >= 15 is 0 Å². The molecule has 0 spiro atoms. The normalized spacial score (nSPS) is 9.73. The third-order valence-corrected chi connectivity index (χ3v) is 2.47. The summed E-state index contributed by atoms with van der Waals surface area (Å²) < 4.78 is 4.65. The zero-order valence-corrected chi connectivity index (χ0v) is 9.91. The van der Waals surface area contributed by atoms with Crippen LogP contribution in [0.1, 0.15) is 22.8 Å². The van der Waals surface area contributed by atoms with Crippen LogP contribution in [0.15, 0.2) is 24.3 Å². The van der Waals surface area contributed by atoms with Gasteiger partial charge < -0.3 is 4.74 Å². The number of carbonyl (C=O) groups excluding carboxylic acids is 2. The van der Waals surface area contributed by atoms with Crippen molar-refractivity contribution in [2.75, 3.05) is 6.61 Å². The molecule has 0 amide bonds. The summed E-state index contributed by atoms with van der Waals surface area (Å²) in [6.07, 6.45) is 0. The molecule has 0 aromatic heterocycles. The number of ether oxygens (including phenoxy) is 1. The smallest absolute Gasteiger partial charge is 0.379 e. The highest BCUT2D eigenvalue weighted by Gasteiger charge is 2.19. The highest BCUT2D eigenvalue weighted by atomic mass is 79.9. The summed E-state index contributed by atoms with van der Waals surface area (Å²) in [5, 5.41) is 0.536. The molecule has 1 rings (SSSR count). The molecule has 0 aliphatic rings. The lowest BCUT2D eigenvalue weighted by atomic mass is 10.1. The van der Waals surface area contributed by atoms with E-state index in [1.165, 1.54) is 0 Å². The standard InChI is InChI=1S/C11H11BrO3/c1-2-15-11(14)10(13)9-6-4-3-5-8(9)7-12/h3-6H,2,7H2,1H3. The zero-order valence-electron chi connectivity index (χ0n) is 8.33. The van der Waals surface area contributed by atoms with Gasteiger partial charge in [0.15, 0.2) is 0 Å². The fourth-order valence-corrected chi connectivity index (χ4v) is 1.65. The molecule has 1 aromatic carbocycles. The number of halogens is 1. The van der Waals surface area contributed by atoms with Gasteiger partial charge in [0.05, 0.1) is 6.61 Å². The van der Waals surface area contributed by atoms with Crippen molar-refractivity contribution in [2.24, 2.45) is 0 Å². The summed E-state index contributed by atoms with van der Waals surface area (Å²) >= 11 is 3.26. The van der Waals surface area contributed by atoms with Crippen molar-refractivity contribution in [3.8, 4) is 0 Å². The van der Waals surface area contributed by atoms with E-state index in [1.54, 1.807) is 25.1 Å². The van der Waals surface area contributed by atoms with Crippen molar-refractivity contribution >= 4 is 27.7 Å².